The van der Waals surface area contributed by atoms with E-state index in [1.54, 1.807) is 0 Å². The topological polar surface area (TPSA) is 132 Å². The molecule has 4 amide bonds. The van der Waals surface area contributed by atoms with E-state index in [9.17, 15) is 24.0 Å². The lowest BCUT2D eigenvalue weighted by molar-refractivity contribution is -0.150. The van der Waals surface area contributed by atoms with Gasteiger partial charge in [-0.2, -0.15) is 0 Å². The van der Waals surface area contributed by atoms with Crippen molar-refractivity contribution in [2.45, 2.75) is 18.9 Å². The summed E-state index contributed by atoms with van der Waals surface area (Å²) in [5.74, 6) is -5.21. The van der Waals surface area contributed by atoms with E-state index in [1.807, 2.05) is 0 Å². The number of hydrogen-bond acceptors (Lipinski definition) is 5. The van der Waals surface area contributed by atoms with Crippen molar-refractivity contribution in [3.8, 4) is 0 Å². The molecule has 1 aliphatic rings. The quantitative estimate of drug-likeness (QED) is 0.463. The Bertz CT molecular complexity index is 444. The Hall–Kier alpha value is -2.45. The Kier molecular flexibility index (Phi) is 3.64. The summed E-state index contributed by atoms with van der Waals surface area (Å²) in [6.07, 6.45) is -0.991. The molecule has 0 aromatic rings. The van der Waals surface area contributed by atoms with Crippen LogP contribution in [0.15, 0.2) is 0 Å². The molecule has 98 valence electrons. The number of carboxylic acids is 2. The summed E-state index contributed by atoms with van der Waals surface area (Å²) in [6.45, 7) is 0. The Morgan fingerprint density at radius 3 is 2.06 bits per heavy atom. The standard InChI is InChI=1S/C9H10N2O7/c1-10-6(14)7(15)11(9(10)18)4(8(16)17)2-3-5(12)13/h4H,2-3H2,1H3,(H,12,13)(H,16,17)/t4-/m0/s1. The number of likely N-dealkylation sites (N-methyl/N-ethyl adjacent to an activating group) is 1. The zero-order valence-electron chi connectivity index (χ0n) is 9.32. The van der Waals surface area contributed by atoms with Gasteiger partial charge in [0.05, 0.1) is 0 Å². The minimum absolute atomic E-state index is 0.271. The predicted molar refractivity (Wildman–Crippen MR) is 53.3 cm³/mol. The van der Waals surface area contributed by atoms with Crippen LogP contribution in [0.5, 0.6) is 0 Å². The van der Waals surface area contributed by atoms with Gasteiger partial charge < -0.3 is 10.2 Å². The number of nitrogens with zero attached hydrogens (tertiary/aromatic N) is 2. The monoisotopic (exact) mass is 258 g/mol. The van der Waals surface area contributed by atoms with Crippen LogP contribution in [-0.4, -0.2) is 62.9 Å². The number of rotatable bonds is 5. The maximum atomic E-state index is 11.5. The molecule has 0 aromatic carbocycles. The third-order valence-corrected chi connectivity index (χ3v) is 2.43. The zero-order valence-corrected chi connectivity index (χ0v) is 9.32. The van der Waals surface area contributed by atoms with E-state index in [0.29, 0.717) is 4.90 Å². The summed E-state index contributed by atoms with van der Waals surface area (Å²) < 4.78 is 0. The van der Waals surface area contributed by atoms with Crippen molar-refractivity contribution in [1.82, 2.24) is 9.80 Å². The molecular formula is C9H10N2O7. The normalized spacial score (nSPS) is 17.3. The van der Waals surface area contributed by atoms with Gasteiger partial charge in [0, 0.05) is 13.5 Å². The Labute approximate surface area is 101 Å². The van der Waals surface area contributed by atoms with Crippen molar-refractivity contribution in [2.24, 2.45) is 0 Å². The average molecular weight is 258 g/mol. The van der Waals surface area contributed by atoms with Gasteiger partial charge in [0.25, 0.3) is 0 Å². The van der Waals surface area contributed by atoms with Crippen molar-refractivity contribution < 1.29 is 34.2 Å². The van der Waals surface area contributed by atoms with E-state index < -0.39 is 48.7 Å². The first kappa shape index (κ1) is 13.6. The zero-order chi connectivity index (χ0) is 14.0. The van der Waals surface area contributed by atoms with Crippen molar-refractivity contribution in [1.29, 1.82) is 0 Å². The molecule has 0 unspecified atom stereocenters. The molecule has 1 aliphatic heterocycles. The summed E-state index contributed by atoms with van der Waals surface area (Å²) in [6, 6.07) is -2.72. The maximum absolute atomic E-state index is 11.5. The molecule has 0 aliphatic carbocycles. The third kappa shape index (κ3) is 2.29. The minimum atomic E-state index is -1.66. The van der Waals surface area contributed by atoms with Crippen LogP contribution >= 0.6 is 0 Å². The van der Waals surface area contributed by atoms with Gasteiger partial charge in [-0.3, -0.25) is 19.3 Å². The van der Waals surface area contributed by atoms with E-state index in [1.165, 1.54) is 0 Å². The lowest BCUT2D eigenvalue weighted by atomic mass is 10.1. The van der Waals surface area contributed by atoms with Gasteiger partial charge in [0.15, 0.2) is 0 Å². The van der Waals surface area contributed by atoms with Crippen LogP contribution in [0.1, 0.15) is 12.8 Å². The van der Waals surface area contributed by atoms with E-state index in [-0.39, 0.29) is 4.90 Å². The molecule has 1 heterocycles. The van der Waals surface area contributed by atoms with Crippen LogP contribution in [0.3, 0.4) is 0 Å². The highest BCUT2D eigenvalue weighted by Crippen LogP contribution is 2.17. The molecule has 18 heavy (non-hydrogen) atoms. The lowest BCUT2D eigenvalue weighted by Gasteiger charge is -2.20. The summed E-state index contributed by atoms with van der Waals surface area (Å²) in [4.78, 5) is 56.2. The van der Waals surface area contributed by atoms with Crippen LogP contribution in [0.2, 0.25) is 0 Å². The molecule has 0 bridgehead atoms. The summed E-state index contributed by atoms with van der Waals surface area (Å²) in [5.41, 5.74) is 0. The Morgan fingerprint density at radius 2 is 1.72 bits per heavy atom. The summed E-state index contributed by atoms with van der Waals surface area (Å²) in [5, 5.41) is 17.3. The van der Waals surface area contributed by atoms with Gasteiger partial charge in [0.2, 0.25) is 0 Å². The number of imide groups is 2. The second kappa shape index (κ2) is 4.82. The van der Waals surface area contributed by atoms with E-state index in [4.69, 9.17) is 10.2 Å². The molecule has 1 saturated heterocycles. The second-order valence-electron chi connectivity index (χ2n) is 3.61. The van der Waals surface area contributed by atoms with Crippen molar-refractivity contribution in [3.05, 3.63) is 0 Å². The predicted octanol–water partition coefficient (Wildman–Crippen LogP) is -1.27. The van der Waals surface area contributed by atoms with Crippen LogP contribution in [-0.2, 0) is 19.2 Å². The van der Waals surface area contributed by atoms with E-state index in [0.717, 1.165) is 7.05 Å². The van der Waals surface area contributed by atoms with E-state index >= 15 is 0 Å². The third-order valence-electron chi connectivity index (χ3n) is 2.43. The molecule has 0 aromatic heterocycles. The number of carbonyl (C=O) groups is 5. The first-order valence-electron chi connectivity index (χ1n) is 4.87. The first-order valence-corrected chi connectivity index (χ1v) is 4.87. The van der Waals surface area contributed by atoms with Crippen molar-refractivity contribution >= 4 is 29.8 Å². The van der Waals surface area contributed by atoms with Gasteiger partial charge in [-0.15, -0.1) is 0 Å². The molecule has 0 saturated carbocycles. The van der Waals surface area contributed by atoms with E-state index in [2.05, 4.69) is 0 Å². The molecule has 0 radical (unpaired) electrons. The van der Waals surface area contributed by atoms with Gasteiger partial charge in [-0.25, -0.2) is 14.5 Å². The molecule has 9 heteroatoms. The van der Waals surface area contributed by atoms with Crippen molar-refractivity contribution in [2.75, 3.05) is 7.05 Å². The Morgan fingerprint density at radius 1 is 1.17 bits per heavy atom. The van der Waals surface area contributed by atoms with Gasteiger partial charge in [0.1, 0.15) is 6.04 Å². The van der Waals surface area contributed by atoms with Gasteiger partial charge >= 0.3 is 29.8 Å². The summed E-state index contributed by atoms with van der Waals surface area (Å²) >= 11 is 0. The highest BCUT2D eigenvalue weighted by Gasteiger charge is 2.48. The molecular weight excluding hydrogens is 248 g/mol. The number of amides is 4. The summed E-state index contributed by atoms with van der Waals surface area (Å²) in [7, 11) is 1.04. The minimum Gasteiger partial charge on any atom is -0.481 e. The molecule has 1 fully saturated rings. The van der Waals surface area contributed by atoms with Crippen molar-refractivity contribution in [3.63, 3.8) is 0 Å². The molecule has 1 rings (SSSR count). The second-order valence-corrected chi connectivity index (χ2v) is 3.61. The Balaban J connectivity index is 2.96. The van der Waals surface area contributed by atoms with Gasteiger partial charge in [-0.05, 0) is 6.42 Å². The fraction of sp³-hybridized carbons (Fsp3) is 0.444. The maximum Gasteiger partial charge on any atom is 0.334 e. The van der Waals surface area contributed by atoms with Crippen LogP contribution in [0, 0.1) is 0 Å². The smallest absolute Gasteiger partial charge is 0.334 e. The molecule has 2 N–H and O–H groups in total. The van der Waals surface area contributed by atoms with Crippen LogP contribution in [0.25, 0.3) is 0 Å². The lowest BCUT2D eigenvalue weighted by Crippen LogP contribution is -2.45. The van der Waals surface area contributed by atoms with Crippen LogP contribution < -0.4 is 0 Å². The van der Waals surface area contributed by atoms with Gasteiger partial charge in [-0.1, -0.05) is 0 Å². The molecule has 1 atom stereocenters. The highest BCUT2D eigenvalue weighted by atomic mass is 16.4. The fourth-order valence-corrected chi connectivity index (χ4v) is 1.48. The molecule has 9 nitrogen and oxygen atoms in total. The largest absolute Gasteiger partial charge is 0.481 e. The highest BCUT2D eigenvalue weighted by molar-refractivity contribution is 6.45. The molecule has 0 spiro atoms. The SMILES string of the molecule is CN1C(=O)C(=O)N([C@@H](CCC(=O)O)C(=O)O)C1=O. The number of hydrogen-bond donors (Lipinski definition) is 2. The number of carbonyl (C=O) groups excluding carboxylic acids is 3. The fourth-order valence-electron chi connectivity index (χ4n) is 1.48. The number of aliphatic carboxylic acids is 2. The number of carboxylic acid groups (broad SMARTS) is 2. The number of urea groups is 1. The van der Waals surface area contributed by atoms with Crippen LogP contribution in [0.4, 0.5) is 4.79 Å². The first-order chi connectivity index (χ1) is 8.27. The average Bonchev–Trinajstić information content (AvgIpc) is 2.45.